The van der Waals surface area contributed by atoms with Crippen LogP contribution < -0.4 is 22.2 Å². The van der Waals surface area contributed by atoms with Gasteiger partial charge in [-0.3, -0.25) is 29.1 Å². The van der Waals surface area contributed by atoms with E-state index >= 15 is 0 Å². The number of aromatic nitrogens is 2. The average Bonchev–Trinajstić information content (AvgIpc) is 2.83. The number of nitrogens with one attached hydrogen (secondary N) is 2. The molecule has 2 N–H and O–H groups in total. The van der Waals surface area contributed by atoms with Gasteiger partial charge in [-0.15, -0.1) is 0 Å². The van der Waals surface area contributed by atoms with Crippen LogP contribution in [-0.2, 0) is 12.8 Å². The molecule has 0 saturated heterocycles. The van der Waals surface area contributed by atoms with Crippen LogP contribution in [-0.4, -0.2) is 9.97 Å². The third-order valence-electron chi connectivity index (χ3n) is 8.07. The van der Waals surface area contributed by atoms with Crippen molar-refractivity contribution in [2.24, 2.45) is 0 Å². The minimum absolute atomic E-state index is 0.365. The Hall–Kier alpha value is -4.58. The van der Waals surface area contributed by atoms with E-state index in [1.165, 1.54) is 0 Å². The SMILES string of the molecule is O=c1[nH]c(=O)c2cc3ccc4cc5c(=O)[nH]c(=O)c6cc7c8c9c(cc1c2c9c3c4c8c65)CC7. The van der Waals surface area contributed by atoms with Gasteiger partial charge in [0.1, 0.15) is 0 Å². The van der Waals surface area contributed by atoms with Crippen molar-refractivity contribution < 1.29 is 0 Å². The molecule has 0 amide bonds. The maximum atomic E-state index is 12.9. The highest BCUT2D eigenvalue weighted by molar-refractivity contribution is 6.46. The third kappa shape index (κ3) is 1.60. The van der Waals surface area contributed by atoms with E-state index in [4.69, 9.17) is 0 Å². The Labute approximate surface area is 187 Å². The molecule has 0 unspecified atom stereocenters. The fraction of sp³-hybridized carbons (Fsp3) is 0.0714. The van der Waals surface area contributed by atoms with Crippen molar-refractivity contribution in [2.45, 2.75) is 12.8 Å². The Morgan fingerprint density at radius 1 is 0.441 bits per heavy atom. The number of pyridine rings is 2. The van der Waals surface area contributed by atoms with E-state index in [0.717, 1.165) is 67.1 Å². The number of aryl methyl sites for hydroxylation is 2. The van der Waals surface area contributed by atoms with Crippen molar-refractivity contribution in [1.82, 2.24) is 9.97 Å². The monoisotopic (exact) mass is 440 g/mol. The highest BCUT2D eigenvalue weighted by Gasteiger charge is 2.28. The van der Waals surface area contributed by atoms with E-state index in [1.807, 2.05) is 36.4 Å². The second-order valence-corrected chi connectivity index (χ2v) is 9.59. The summed E-state index contributed by atoms with van der Waals surface area (Å²) in [5.41, 5.74) is 0.634. The zero-order chi connectivity index (χ0) is 22.6. The second kappa shape index (κ2) is 4.99. The number of rotatable bonds is 0. The van der Waals surface area contributed by atoms with Gasteiger partial charge in [0, 0.05) is 32.3 Å². The summed E-state index contributed by atoms with van der Waals surface area (Å²) in [7, 11) is 0. The van der Waals surface area contributed by atoms with Crippen LogP contribution in [0.1, 0.15) is 11.1 Å². The minimum Gasteiger partial charge on any atom is -0.288 e. The van der Waals surface area contributed by atoms with Gasteiger partial charge >= 0.3 is 0 Å². The van der Waals surface area contributed by atoms with Crippen LogP contribution in [0.15, 0.2) is 55.6 Å². The van der Waals surface area contributed by atoms with Gasteiger partial charge in [-0.25, -0.2) is 0 Å². The van der Waals surface area contributed by atoms with Gasteiger partial charge in [0.2, 0.25) is 0 Å². The van der Waals surface area contributed by atoms with E-state index in [1.54, 1.807) is 0 Å². The van der Waals surface area contributed by atoms with Gasteiger partial charge in [-0.05, 0) is 91.3 Å². The summed E-state index contributed by atoms with van der Waals surface area (Å²) < 4.78 is 0. The lowest BCUT2D eigenvalue weighted by Crippen LogP contribution is -2.21. The molecule has 6 nitrogen and oxygen atoms in total. The Balaban J connectivity index is 1.83. The molecule has 0 radical (unpaired) electrons. The molecule has 0 spiro atoms. The van der Waals surface area contributed by atoms with Crippen LogP contribution in [0.25, 0.3) is 75.4 Å². The van der Waals surface area contributed by atoms with Gasteiger partial charge in [0.05, 0.1) is 0 Å². The molecule has 0 fully saturated rings. The summed E-state index contributed by atoms with van der Waals surface area (Å²) in [4.78, 5) is 56.5. The largest absolute Gasteiger partial charge is 0.288 e. The number of hydrogen-bond donors (Lipinski definition) is 2. The lowest BCUT2D eigenvalue weighted by molar-refractivity contribution is 0.971. The molecule has 1 aliphatic carbocycles. The summed E-state index contributed by atoms with van der Waals surface area (Å²) in [6.45, 7) is 0. The van der Waals surface area contributed by atoms with E-state index in [9.17, 15) is 19.2 Å². The molecule has 6 heteroatoms. The van der Waals surface area contributed by atoms with Crippen molar-refractivity contribution >= 4 is 75.4 Å². The molecule has 6 aromatic carbocycles. The van der Waals surface area contributed by atoms with Crippen molar-refractivity contribution in [3.63, 3.8) is 0 Å². The van der Waals surface area contributed by atoms with E-state index < -0.39 is 0 Å². The van der Waals surface area contributed by atoms with E-state index in [2.05, 4.69) is 9.97 Å². The number of aromatic amines is 2. The molecule has 158 valence electrons. The first-order valence-electron chi connectivity index (χ1n) is 11.2. The summed E-state index contributed by atoms with van der Waals surface area (Å²) in [6.07, 6.45) is 1.46. The first-order chi connectivity index (χ1) is 16.5. The summed E-state index contributed by atoms with van der Waals surface area (Å²) in [6, 6.07) is 11.5. The first-order valence-corrected chi connectivity index (χ1v) is 11.2. The predicted molar refractivity (Wildman–Crippen MR) is 135 cm³/mol. The molecule has 9 rings (SSSR count). The van der Waals surface area contributed by atoms with Gasteiger partial charge in [-0.1, -0.05) is 12.1 Å². The maximum absolute atomic E-state index is 12.9. The summed E-state index contributed by atoms with van der Waals surface area (Å²) >= 11 is 0. The quantitative estimate of drug-likeness (QED) is 0.277. The minimum atomic E-state index is -0.381. The van der Waals surface area contributed by atoms with Crippen molar-refractivity contribution in [2.75, 3.05) is 0 Å². The summed E-state index contributed by atoms with van der Waals surface area (Å²) in [5, 5.41) is 11.2. The smallest absolute Gasteiger partial charge is 0.258 e. The van der Waals surface area contributed by atoms with Gasteiger partial charge in [-0.2, -0.15) is 0 Å². The van der Waals surface area contributed by atoms with Crippen molar-refractivity contribution in [1.29, 1.82) is 0 Å². The zero-order valence-electron chi connectivity index (χ0n) is 17.5. The van der Waals surface area contributed by atoms with Crippen LogP contribution in [0.3, 0.4) is 0 Å². The van der Waals surface area contributed by atoms with Crippen LogP contribution in [0.4, 0.5) is 0 Å². The number of H-pyrrole nitrogens is 2. The van der Waals surface area contributed by atoms with E-state index in [-0.39, 0.29) is 22.2 Å². The Morgan fingerprint density at radius 2 is 0.824 bits per heavy atom. The highest BCUT2D eigenvalue weighted by atomic mass is 16.2. The maximum Gasteiger partial charge on any atom is 0.258 e. The van der Waals surface area contributed by atoms with Crippen LogP contribution in [0, 0.1) is 0 Å². The van der Waals surface area contributed by atoms with Crippen molar-refractivity contribution in [3.05, 3.63) is 88.9 Å². The Bertz CT molecular complexity index is 2290. The summed E-state index contributed by atoms with van der Waals surface area (Å²) in [5.74, 6) is 0. The first kappa shape index (κ1) is 17.0. The molecule has 0 bridgehead atoms. The van der Waals surface area contributed by atoms with Gasteiger partial charge < -0.3 is 0 Å². The normalized spacial score (nSPS) is 14.1. The van der Waals surface area contributed by atoms with Gasteiger partial charge in [0.25, 0.3) is 22.2 Å². The molecule has 0 atom stereocenters. The topological polar surface area (TPSA) is 99.9 Å². The fourth-order valence-electron chi connectivity index (χ4n) is 6.83. The van der Waals surface area contributed by atoms with Crippen LogP contribution in [0.2, 0.25) is 0 Å². The molecular weight excluding hydrogens is 428 g/mol. The predicted octanol–water partition coefficient (Wildman–Crippen LogP) is 3.71. The average molecular weight is 440 g/mol. The molecule has 1 aliphatic rings. The molecule has 0 aliphatic heterocycles. The molecular formula is C28H12N2O4. The van der Waals surface area contributed by atoms with Gasteiger partial charge in [0.15, 0.2) is 0 Å². The van der Waals surface area contributed by atoms with Crippen molar-refractivity contribution in [3.8, 4) is 0 Å². The fourth-order valence-corrected chi connectivity index (χ4v) is 6.83. The number of hydrogen-bond acceptors (Lipinski definition) is 4. The third-order valence-corrected chi connectivity index (χ3v) is 8.07. The Morgan fingerprint density at radius 3 is 1.24 bits per heavy atom. The lowest BCUT2D eigenvalue weighted by Gasteiger charge is -2.26. The molecule has 34 heavy (non-hydrogen) atoms. The Kier molecular flexibility index (Phi) is 2.49. The zero-order valence-corrected chi connectivity index (χ0v) is 17.5. The standard InChI is InChI=1S/C28H12N2O4/c31-25-13-5-9-1-2-10-6-14-22-16(28(34)30-26(14)32)8-12-4-3-11-7-15(27(33)29-25)21(13)23-17(9)18(10)24(22)20(12)19(11)23/h1-2,5-8H,3-4H2,(H,29,31,33)(H,30,32,34). The van der Waals surface area contributed by atoms with E-state index in [0.29, 0.717) is 32.3 Å². The molecule has 8 aromatic rings. The number of benzene rings is 6. The second-order valence-electron chi connectivity index (χ2n) is 9.59. The van der Waals surface area contributed by atoms with Crippen LogP contribution >= 0.6 is 0 Å². The van der Waals surface area contributed by atoms with Crippen LogP contribution in [0.5, 0.6) is 0 Å². The molecule has 2 heterocycles. The molecule has 0 saturated carbocycles. The lowest BCUT2D eigenvalue weighted by atomic mass is 9.77. The highest BCUT2D eigenvalue weighted by Crippen LogP contribution is 2.51. The molecule has 2 aromatic heterocycles.